The first-order valence-electron chi connectivity index (χ1n) is 13.1. The Balaban J connectivity index is 1.48. The lowest BCUT2D eigenvalue weighted by Gasteiger charge is -2.33. The van der Waals surface area contributed by atoms with E-state index in [9.17, 15) is 22.4 Å². The van der Waals surface area contributed by atoms with Crippen molar-refractivity contribution in [2.75, 3.05) is 38.5 Å². The van der Waals surface area contributed by atoms with Gasteiger partial charge in [-0.25, -0.2) is 4.39 Å². The molecule has 1 fully saturated rings. The molecule has 2 aliphatic rings. The molecule has 2 heterocycles. The van der Waals surface area contributed by atoms with Crippen LogP contribution in [0.5, 0.6) is 0 Å². The van der Waals surface area contributed by atoms with Crippen LogP contribution >= 0.6 is 8.58 Å². The molecule has 11 heteroatoms. The number of halogens is 4. The Labute approximate surface area is 234 Å². The molecule has 2 N–H and O–H groups in total. The molecule has 2 aromatic carbocycles. The van der Waals surface area contributed by atoms with E-state index < -0.39 is 29.5 Å². The summed E-state index contributed by atoms with van der Waals surface area (Å²) in [6.07, 6.45) is -0.950. The fraction of sp³-hybridized carbons (Fsp3) is 0.379. The minimum absolute atomic E-state index is 0.117. The number of likely N-dealkylation sites (N-methyl/N-ethyl adjacent to an activating group) is 1. The molecular weight excluding hydrogens is 541 g/mol. The topological polar surface area (TPSA) is 60.0 Å². The van der Waals surface area contributed by atoms with Crippen LogP contribution < -0.4 is 10.6 Å². The van der Waals surface area contributed by atoms with Gasteiger partial charge in [-0.3, -0.25) is 20.0 Å². The van der Waals surface area contributed by atoms with Crippen LogP contribution in [0.4, 0.5) is 23.2 Å². The number of hydrogen-bond acceptors (Lipinski definition) is 5. The van der Waals surface area contributed by atoms with Crippen molar-refractivity contribution in [2.24, 2.45) is 4.99 Å². The lowest BCUT2D eigenvalue weighted by Crippen LogP contribution is -2.44. The van der Waals surface area contributed by atoms with E-state index in [0.29, 0.717) is 27.2 Å². The van der Waals surface area contributed by atoms with Crippen molar-refractivity contribution >= 4 is 26.4 Å². The second kappa shape index (κ2) is 12.7. The smallest absolute Gasteiger partial charge is 0.322 e. The number of nitrogens with one attached hydrogen (secondary N) is 2. The average Bonchev–Trinajstić information content (AvgIpc) is 2.90. The standard InChI is InChI=1S/C29H34F4N5OP/c1-5-26-19(3)40-27(16-34-26)35-18(2)23-15-22(8-9-25(23)30)36-28(39)20-6-7-21(24(14-20)29(31,32)33)17-38-12-10-37(4)11-13-38/h5-9,14-16,18,27,35,40H,3,10-13,17H2,1-2,4H3,(H,36,39)/b26-5+. The van der Waals surface area contributed by atoms with Gasteiger partial charge in [0.05, 0.1) is 17.0 Å². The molecule has 0 saturated carbocycles. The van der Waals surface area contributed by atoms with Crippen molar-refractivity contribution in [3.8, 4) is 0 Å². The Morgan fingerprint density at radius 2 is 1.93 bits per heavy atom. The summed E-state index contributed by atoms with van der Waals surface area (Å²) in [5, 5.41) is 6.85. The maximum absolute atomic E-state index is 14.7. The van der Waals surface area contributed by atoms with Crippen LogP contribution in [-0.4, -0.2) is 60.9 Å². The van der Waals surface area contributed by atoms with Gasteiger partial charge in [0.1, 0.15) is 5.82 Å². The zero-order valence-electron chi connectivity index (χ0n) is 22.8. The number of allylic oxidation sites excluding steroid dienone is 2. The molecule has 1 amide bonds. The summed E-state index contributed by atoms with van der Waals surface area (Å²) in [6.45, 7) is 10.8. The molecule has 2 aromatic rings. The Morgan fingerprint density at radius 3 is 2.58 bits per heavy atom. The number of aliphatic imine (C=N–C) groups is 1. The Hall–Kier alpha value is -2.91. The summed E-state index contributed by atoms with van der Waals surface area (Å²) in [4.78, 5) is 21.5. The van der Waals surface area contributed by atoms with E-state index in [1.165, 1.54) is 30.3 Å². The maximum Gasteiger partial charge on any atom is 0.416 e. The third-order valence-corrected chi connectivity index (χ3v) is 8.32. The highest BCUT2D eigenvalue weighted by Gasteiger charge is 2.34. The molecule has 0 bridgehead atoms. The van der Waals surface area contributed by atoms with Gasteiger partial charge in [0.15, 0.2) is 0 Å². The molecule has 0 radical (unpaired) electrons. The first-order valence-corrected chi connectivity index (χ1v) is 14.2. The van der Waals surface area contributed by atoms with Crippen LogP contribution in [0.3, 0.4) is 0 Å². The second-order valence-corrected chi connectivity index (χ2v) is 11.6. The first kappa shape index (κ1) is 30.1. The van der Waals surface area contributed by atoms with E-state index in [2.05, 4.69) is 27.1 Å². The summed E-state index contributed by atoms with van der Waals surface area (Å²) >= 11 is 0. The Morgan fingerprint density at radius 1 is 1.20 bits per heavy atom. The van der Waals surface area contributed by atoms with Crippen LogP contribution in [0.2, 0.25) is 0 Å². The minimum Gasteiger partial charge on any atom is -0.322 e. The maximum atomic E-state index is 14.7. The van der Waals surface area contributed by atoms with E-state index in [1.54, 1.807) is 13.1 Å². The van der Waals surface area contributed by atoms with Gasteiger partial charge >= 0.3 is 6.18 Å². The van der Waals surface area contributed by atoms with Crippen molar-refractivity contribution in [1.29, 1.82) is 0 Å². The summed E-state index contributed by atoms with van der Waals surface area (Å²) < 4.78 is 56.6. The summed E-state index contributed by atoms with van der Waals surface area (Å²) in [7, 11) is 2.33. The van der Waals surface area contributed by atoms with Crippen molar-refractivity contribution in [2.45, 2.75) is 38.4 Å². The molecule has 4 rings (SSSR count). The van der Waals surface area contributed by atoms with Gasteiger partial charge in [-0.05, 0) is 62.1 Å². The Bertz CT molecular complexity index is 1320. The monoisotopic (exact) mass is 575 g/mol. The van der Waals surface area contributed by atoms with Gasteiger partial charge in [0.25, 0.3) is 5.91 Å². The van der Waals surface area contributed by atoms with Gasteiger partial charge in [0, 0.05) is 61.8 Å². The van der Waals surface area contributed by atoms with Gasteiger partial charge in [-0.1, -0.05) is 27.3 Å². The number of amides is 1. The SMILES string of the molecule is C=C1PC(NC(C)c2cc(NC(=O)c3ccc(CN4CCN(C)CC4)c(C(F)(F)F)c3)ccc2F)C=N/C1=C/C. The number of rotatable bonds is 7. The van der Waals surface area contributed by atoms with Crippen molar-refractivity contribution in [3.05, 3.63) is 88.1 Å². The molecular formula is C29H34F4N5OP. The number of carbonyl (C=O) groups excluding carboxylic acids is 1. The fourth-order valence-corrected chi connectivity index (χ4v) is 5.96. The lowest BCUT2D eigenvalue weighted by atomic mass is 10.0. The minimum atomic E-state index is -4.61. The molecule has 40 heavy (non-hydrogen) atoms. The van der Waals surface area contributed by atoms with Crippen LogP contribution in [0.1, 0.15) is 46.9 Å². The van der Waals surface area contributed by atoms with Crippen LogP contribution in [0, 0.1) is 5.82 Å². The number of hydrogen-bond donors (Lipinski definition) is 2. The average molecular weight is 576 g/mol. The number of alkyl halides is 3. The van der Waals surface area contributed by atoms with Gasteiger partial charge in [-0.2, -0.15) is 13.2 Å². The van der Waals surface area contributed by atoms with Gasteiger partial charge in [0.2, 0.25) is 0 Å². The summed E-state index contributed by atoms with van der Waals surface area (Å²) in [5.74, 6) is -1.28. The Kier molecular flexibility index (Phi) is 9.56. The number of anilines is 1. The quantitative estimate of drug-likeness (QED) is 0.314. The molecule has 214 valence electrons. The summed E-state index contributed by atoms with van der Waals surface area (Å²) in [5.41, 5.74) is 0.621. The van der Waals surface area contributed by atoms with Crippen LogP contribution in [0.25, 0.3) is 0 Å². The van der Waals surface area contributed by atoms with Crippen molar-refractivity contribution < 1.29 is 22.4 Å². The fourth-order valence-electron chi connectivity index (χ4n) is 4.75. The zero-order valence-corrected chi connectivity index (χ0v) is 23.8. The van der Waals surface area contributed by atoms with Crippen LogP contribution in [-0.2, 0) is 12.7 Å². The molecule has 6 nitrogen and oxygen atoms in total. The zero-order chi connectivity index (χ0) is 29.0. The molecule has 0 spiro atoms. The van der Waals surface area contributed by atoms with E-state index in [-0.39, 0.29) is 29.1 Å². The summed E-state index contributed by atoms with van der Waals surface area (Å²) in [6, 6.07) is 7.36. The second-order valence-electron chi connectivity index (χ2n) is 10.1. The highest BCUT2D eigenvalue weighted by molar-refractivity contribution is 7.45. The normalized spacial score (nSPS) is 21.2. The number of nitrogens with zero attached hydrogens (tertiary/aromatic N) is 3. The molecule has 1 saturated heterocycles. The predicted molar refractivity (Wildman–Crippen MR) is 154 cm³/mol. The highest BCUT2D eigenvalue weighted by Crippen LogP contribution is 2.37. The number of piperazine rings is 1. The van der Waals surface area contributed by atoms with E-state index in [0.717, 1.165) is 30.2 Å². The number of carbonyl (C=O) groups is 1. The van der Waals surface area contributed by atoms with E-state index >= 15 is 0 Å². The number of benzene rings is 2. The van der Waals surface area contributed by atoms with E-state index in [1.807, 2.05) is 24.9 Å². The third-order valence-electron chi connectivity index (χ3n) is 7.09. The van der Waals surface area contributed by atoms with Gasteiger partial charge < -0.3 is 10.2 Å². The molecule has 2 aliphatic heterocycles. The molecule has 0 aliphatic carbocycles. The largest absolute Gasteiger partial charge is 0.416 e. The molecule has 3 unspecified atom stereocenters. The predicted octanol–water partition coefficient (Wildman–Crippen LogP) is 6.00. The van der Waals surface area contributed by atoms with Gasteiger partial charge in [-0.15, -0.1) is 0 Å². The molecule has 3 atom stereocenters. The van der Waals surface area contributed by atoms with Crippen molar-refractivity contribution in [1.82, 2.24) is 15.1 Å². The molecule has 0 aromatic heterocycles. The lowest BCUT2D eigenvalue weighted by molar-refractivity contribution is -0.138. The van der Waals surface area contributed by atoms with E-state index in [4.69, 9.17) is 0 Å². The van der Waals surface area contributed by atoms with Crippen molar-refractivity contribution in [3.63, 3.8) is 0 Å². The van der Waals surface area contributed by atoms with Crippen LogP contribution in [0.15, 0.2) is 65.1 Å². The third kappa shape index (κ3) is 7.43. The highest BCUT2D eigenvalue weighted by atomic mass is 31.1. The first-order chi connectivity index (χ1) is 18.9.